The van der Waals surface area contributed by atoms with Crippen LogP contribution in [0.3, 0.4) is 0 Å². The van der Waals surface area contributed by atoms with Crippen LogP contribution in [-0.4, -0.2) is 31.9 Å². The van der Waals surface area contributed by atoms with Gasteiger partial charge in [-0.05, 0) is 43.7 Å². The van der Waals surface area contributed by atoms with Crippen molar-refractivity contribution in [3.05, 3.63) is 24.3 Å². The SMILES string of the molecule is FC(F)(F)COc1ccc(NC2CCCNC2)cc1. The molecule has 19 heavy (non-hydrogen) atoms. The van der Waals surface area contributed by atoms with Crippen molar-refractivity contribution >= 4 is 5.69 Å². The Bertz CT molecular complexity index is 386. The summed E-state index contributed by atoms with van der Waals surface area (Å²) in [6.07, 6.45) is -2.07. The highest BCUT2D eigenvalue weighted by Crippen LogP contribution is 2.21. The molecule has 1 aromatic rings. The quantitative estimate of drug-likeness (QED) is 0.885. The summed E-state index contributed by atoms with van der Waals surface area (Å²) in [6.45, 7) is 0.695. The average Bonchev–Trinajstić information content (AvgIpc) is 2.38. The molecule has 0 saturated carbocycles. The molecule has 0 aromatic heterocycles. The Morgan fingerprint density at radius 2 is 2.00 bits per heavy atom. The monoisotopic (exact) mass is 274 g/mol. The van der Waals surface area contributed by atoms with E-state index >= 15 is 0 Å². The summed E-state index contributed by atoms with van der Waals surface area (Å²) in [6, 6.07) is 6.94. The second-order valence-electron chi connectivity index (χ2n) is 4.62. The third-order valence-electron chi connectivity index (χ3n) is 2.92. The number of anilines is 1. The first-order valence-electron chi connectivity index (χ1n) is 6.30. The molecule has 0 radical (unpaired) electrons. The van der Waals surface area contributed by atoms with E-state index in [1.165, 1.54) is 0 Å². The fourth-order valence-electron chi connectivity index (χ4n) is 2.02. The first kappa shape index (κ1) is 14.0. The summed E-state index contributed by atoms with van der Waals surface area (Å²) in [5, 5.41) is 6.63. The van der Waals surface area contributed by atoms with Crippen LogP contribution < -0.4 is 15.4 Å². The number of nitrogens with one attached hydrogen (secondary N) is 2. The molecule has 1 fully saturated rings. The van der Waals surface area contributed by atoms with Crippen LogP contribution in [0.5, 0.6) is 5.75 Å². The molecule has 2 N–H and O–H groups in total. The van der Waals surface area contributed by atoms with Crippen LogP contribution in [0.1, 0.15) is 12.8 Å². The van der Waals surface area contributed by atoms with E-state index in [2.05, 4.69) is 15.4 Å². The van der Waals surface area contributed by atoms with Crippen molar-refractivity contribution in [1.82, 2.24) is 5.32 Å². The summed E-state index contributed by atoms with van der Waals surface area (Å²) in [4.78, 5) is 0. The number of hydrogen-bond acceptors (Lipinski definition) is 3. The van der Waals surface area contributed by atoms with Crippen molar-refractivity contribution in [2.45, 2.75) is 25.1 Å². The molecule has 1 aliphatic rings. The highest BCUT2D eigenvalue weighted by molar-refractivity contribution is 5.47. The van der Waals surface area contributed by atoms with Gasteiger partial charge in [0.1, 0.15) is 5.75 Å². The molecular weight excluding hydrogens is 257 g/mol. The maximum absolute atomic E-state index is 12.0. The first-order valence-corrected chi connectivity index (χ1v) is 6.30. The van der Waals surface area contributed by atoms with Crippen LogP contribution in [0, 0.1) is 0 Å². The van der Waals surface area contributed by atoms with Gasteiger partial charge in [0.2, 0.25) is 0 Å². The van der Waals surface area contributed by atoms with E-state index in [1.54, 1.807) is 24.3 Å². The number of benzene rings is 1. The predicted molar refractivity (Wildman–Crippen MR) is 67.5 cm³/mol. The lowest BCUT2D eigenvalue weighted by Crippen LogP contribution is -2.38. The van der Waals surface area contributed by atoms with Gasteiger partial charge >= 0.3 is 6.18 Å². The molecular formula is C13H17F3N2O. The van der Waals surface area contributed by atoms with Gasteiger partial charge in [0, 0.05) is 18.3 Å². The van der Waals surface area contributed by atoms with Gasteiger partial charge in [0.15, 0.2) is 6.61 Å². The van der Waals surface area contributed by atoms with Crippen molar-refractivity contribution < 1.29 is 17.9 Å². The van der Waals surface area contributed by atoms with E-state index in [4.69, 9.17) is 0 Å². The summed E-state index contributed by atoms with van der Waals surface area (Å²) < 4.78 is 40.6. The molecule has 0 amide bonds. The molecule has 3 nitrogen and oxygen atoms in total. The van der Waals surface area contributed by atoms with Crippen molar-refractivity contribution in [3.8, 4) is 5.75 Å². The molecule has 0 aliphatic carbocycles. The molecule has 2 rings (SSSR count). The molecule has 6 heteroatoms. The Balaban J connectivity index is 1.83. The lowest BCUT2D eigenvalue weighted by molar-refractivity contribution is -0.153. The van der Waals surface area contributed by atoms with Crippen LogP contribution >= 0.6 is 0 Å². The van der Waals surface area contributed by atoms with E-state index in [0.717, 1.165) is 31.6 Å². The maximum atomic E-state index is 12.0. The van der Waals surface area contributed by atoms with Gasteiger partial charge in [-0.1, -0.05) is 0 Å². The van der Waals surface area contributed by atoms with Crippen LogP contribution in [0.15, 0.2) is 24.3 Å². The second kappa shape index (κ2) is 6.14. The third kappa shape index (κ3) is 4.98. The Morgan fingerprint density at radius 1 is 1.26 bits per heavy atom. The predicted octanol–water partition coefficient (Wildman–Crippen LogP) is 2.79. The Kier molecular flexibility index (Phi) is 4.52. The minimum atomic E-state index is -4.30. The third-order valence-corrected chi connectivity index (χ3v) is 2.92. The number of ether oxygens (including phenoxy) is 1. The van der Waals surface area contributed by atoms with Crippen molar-refractivity contribution in [2.75, 3.05) is 25.0 Å². The van der Waals surface area contributed by atoms with Gasteiger partial charge in [-0.15, -0.1) is 0 Å². The number of hydrogen-bond donors (Lipinski definition) is 2. The molecule has 1 aromatic carbocycles. The minimum Gasteiger partial charge on any atom is -0.484 e. The zero-order valence-corrected chi connectivity index (χ0v) is 10.5. The minimum absolute atomic E-state index is 0.227. The lowest BCUT2D eigenvalue weighted by atomic mass is 10.1. The first-order chi connectivity index (χ1) is 9.03. The zero-order chi connectivity index (χ0) is 13.7. The second-order valence-corrected chi connectivity index (χ2v) is 4.62. The van der Waals surface area contributed by atoms with Crippen molar-refractivity contribution in [3.63, 3.8) is 0 Å². The normalized spacial score (nSPS) is 20.1. The topological polar surface area (TPSA) is 33.3 Å². The van der Waals surface area contributed by atoms with E-state index in [1.807, 2.05) is 0 Å². The highest BCUT2D eigenvalue weighted by Gasteiger charge is 2.28. The van der Waals surface area contributed by atoms with Gasteiger partial charge in [-0.3, -0.25) is 0 Å². The number of rotatable bonds is 4. The Labute approximate surface area is 110 Å². The molecule has 106 valence electrons. The molecule has 1 aliphatic heterocycles. The summed E-state index contributed by atoms with van der Waals surface area (Å²) in [5.41, 5.74) is 0.896. The molecule has 0 bridgehead atoms. The van der Waals surface area contributed by atoms with E-state index in [0.29, 0.717) is 6.04 Å². The molecule has 0 spiro atoms. The van der Waals surface area contributed by atoms with E-state index in [-0.39, 0.29) is 5.75 Å². The number of alkyl halides is 3. The smallest absolute Gasteiger partial charge is 0.422 e. The number of piperidine rings is 1. The van der Waals surface area contributed by atoms with Gasteiger partial charge in [-0.2, -0.15) is 13.2 Å². The van der Waals surface area contributed by atoms with Crippen LogP contribution in [0.25, 0.3) is 0 Å². The fourth-order valence-corrected chi connectivity index (χ4v) is 2.02. The van der Waals surface area contributed by atoms with Gasteiger partial charge < -0.3 is 15.4 Å². The zero-order valence-electron chi connectivity index (χ0n) is 10.5. The average molecular weight is 274 g/mol. The summed E-state index contributed by atoms with van der Waals surface area (Å²) >= 11 is 0. The van der Waals surface area contributed by atoms with Crippen LogP contribution in [0.2, 0.25) is 0 Å². The van der Waals surface area contributed by atoms with Crippen molar-refractivity contribution in [2.24, 2.45) is 0 Å². The summed E-state index contributed by atoms with van der Waals surface area (Å²) in [7, 11) is 0. The van der Waals surface area contributed by atoms with Crippen molar-refractivity contribution in [1.29, 1.82) is 0 Å². The van der Waals surface area contributed by atoms with Crippen LogP contribution in [-0.2, 0) is 0 Å². The molecule has 1 saturated heterocycles. The number of halogens is 3. The van der Waals surface area contributed by atoms with E-state index < -0.39 is 12.8 Å². The fraction of sp³-hybridized carbons (Fsp3) is 0.538. The van der Waals surface area contributed by atoms with Gasteiger partial charge in [0.05, 0.1) is 0 Å². The highest BCUT2D eigenvalue weighted by atomic mass is 19.4. The van der Waals surface area contributed by atoms with Gasteiger partial charge in [-0.25, -0.2) is 0 Å². The Morgan fingerprint density at radius 3 is 2.58 bits per heavy atom. The lowest BCUT2D eigenvalue weighted by Gasteiger charge is -2.24. The van der Waals surface area contributed by atoms with Gasteiger partial charge in [0.25, 0.3) is 0 Å². The molecule has 1 heterocycles. The standard InChI is InChI=1S/C13H17F3N2O/c14-13(15,16)9-19-12-5-3-10(4-6-12)18-11-2-1-7-17-8-11/h3-6,11,17-18H,1-2,7-9H2. The molecule has 1 unspecified atom stereocenters. The van der Waals surface area contributed by atoms with Crippen LogP contribution in [0.4, 0.5) is 18.9 Å². The Hall–Kier alpha value is -1.43. The summed E-state index contributed by atoms with van der Waals surface area (Å²) in [5.74, 6) is 0.227. The van der Waals surface area contributed by atoms with E-state index in [9.17, 15) is 13.2 Å². The molecule has 1 atom stereocenters. The maximum Gasteiger partial charge on any atom is 0.422 e. The largest absolute Gasteiger partial charge is 0.484 e.